The van der Waals surface area contributed by atoms with Gasteiger partial charge in [0.15, 0.2) is 0 Å². The highest BCUT2D eigenvalue weighted by Crippen LogP contribution is 2.24. The molecule has 1 aliphatic heterocycles. The van der Waals surface area contributed by atoms with Crippen LogP contribution in [0.5, 0.6) is 0 Å². The molecular weight excluding hydrogens is 308 g/mol. The lowest BCUT2D eigenvalue weighted by Gasteiger charge is -2.26. The van der Waals surface area contributed by atoms with Gasteiger partial charge in [0.1, 0.15) is 12.6 Å². The first-order valence-corrected chi connectivity index (χ1v) is 8.20. The monoisotopic (exact) mass is 330 g/mol. The van der Waals surface area contributed by atoms with Gasteiger partial charge in [-0.15, -0.1) is 0 Å². The number of azide groups is 1. The molecule has 7 heteroatoms. The van der Waals surface area contributed by atoms with Gasteiger partial charge >= 0.3 is 6.09 Å². The smallest absolute Gasteiger partial charge is 0.416 e. The molecule has 2 atom stereocenters. The largest absolute Gasteiger partial charge is 0.447 e. The summed E-state index contributed by atoms with van der Waals surface area (Å²) >= 11 is 0. The Morgan fingerprint density at radius 3 is 2.62 bits per heavy atom. The maximum absolute atomic E-state index is 12.9. The first-order chi connectivity index (χ1) is 11.6. The lowest BCUT2D eigenvalue weighted by atomic mass is 9.93. The number of nitrogens with zero attached hydrogens (tertiary/aromatic N) is 4. The van der Waals surface area contributed by atoms with Gasteiger partial charge in [0.2, 0.25) is 5.91 Å². The number of amides is 2. The summed E-state index contributed by atoms with van der Waals surface area (Å²) in [4.78, 5) is 28.9. The van der Waals surface area contributed by atoms with E-state index in [1.807, 2.05) is 44.2 Å². The number of rotatable bonds is 7. The van der Waals surface area contributed by atoms with Crippen LogP contribution in [0.2, 0.25) is 0 Å². The molecule has 0 bridgehead atoms. The summed E-state index contributed by atoms with van der Waals surface area (Å²) in [5.74, 6) is -0.566. The zero-order valence-electron chi connectivity index (χ0n) is 14.0. The normalized spacial score (nSPS) is 18.2. The Balaban J connectivity index is 2.22. The zero-order chi connectivity index (χ0) is 17.5. The minimum absolute atomic E-state index is 0.0980. The Bertz CT molecular complexity index is 624. The average Bonchev–Trinajstić information content (AvgIpc) is 2.96. The van der Waals surface area contributed by atoms with Gasteiger partial charge in [-0.25, -0.2) is 9.69 Å². The third-order valence-corrected chi connectivity index (χ3v) is 4.44. The molecule has 1 saturated heterocycles. The third kappa shape index (κ3) is 3.86. The molecule has 24 heavy (non-hydrogen) atoms. The van der Waals surface area contributed by atoms with Crippen LogP contribution in [0.3, 0.4) is 0 Å². The van der Waals surface area contributed by atoms with E-state index in [9.17, 15) is 9.59 Å². The molecule has 128 valence electrons. The lowest BCUT2D eigenvalue weighted by molar-refractivity contribution is -0.131. The van der Waals surface area contributed by atoms with E-state index in [1.165, 1.54) is 0 Å². The molecule has 0 N–H and O–H groups in total. The van der Waals surface area contributed by atoms with E-state index in [0.29, 0.717) is 19.3 Å². The maximum Gasteiger partial charge on any atom is 0.416 e. The number of imide groups is 1. The summed E-state index contributed by atoms with van der Waals surface area (Å²) in [6.45, 7) is 4.03. The summed E-state index contributed by atoms with van der Waals surface area (Å²) in [5.41, 5.74) is 9.82. The fraction of sp³-hybridized carbons (Fsp3) is 0.529. The molecule has 0 spiro atoms. The Morgan fingerprint density at radius 2 is 2.04 bits per heavy atom. The van der Waals surface area contributed by atoms with Crippen molar-refractivity contribution in [3.63, 3.8) is 0 Å². The van der Waals surface area contributed by atoms with E-state index in [0.717, 1.165) is 10.5 Å². The van der Waals surface area contributed by atoms with Crippen LogP contribution in [0.25, 0.3) is 10.4 Å². The first-order valence-electron chi connectivity index (χ1n) is 8.20. The van der Waals surface area contributed by atoms with Crippen molar-refractivity contribution in [1.82, 2.24) is 4.90 Å². The number of hydrogen-bond acceptors (Lipinski definition) is 4. The molecule has 0 unspecified atom stereocenters. The Hall–Kier alpha value is -2.53. The quantitative estimate of drug-likeness (QED) is 0.433. The summed E-state index contributed by atoms with van der Waals surface area (Å²) in [6, 6.07) is 8.35. The van der Waals surface area contributed by atoms with Crippen molar-refractivity contribution in [3.8, 4) is 0 Å². The van der Waals surface area contributed by atoms with Crippen LogP contribution >= 0.6 is 0 Å². The van der Waals surface area contributed by atoms with Gasteiger partial charge in [0.25, 0.3) is 0 Å². The topological polar surface area (TPSA) is 95.4 Å². The Morgan fingerprint density at radius 1 is 1.38 bits per heavy atom. The molecule has 7 nitrogen and oxygen atoms in total. The van der Waals surface area contributed by atoms with Crippen molar-refractivity contribution in [2.75, 3.05) is 6.61 Å². The summed E-state index contributed by atoms with van der Waals surface area (Å²) in [5, 5.41) is 3.67. The molecule has 2 rings (SSSR count). The minimum Gasteiger partial charge on any atom is -0.447 e. The van der Waals surface area contributed by atoms with Gasteiger partial charge in [-0.3, -0.25) is 4.79 Å². The SMILES string of the molecule is CCC(CC)[C@H](N=[N+]=[N-])C(=O)N1C(=O)OC[C@@H]1Cc1ccccc1. The van der Waals surface area contributed by atoms with Crippen molar-refractivity contribution in [2.24, 2.45) is 11.0 Å². The van der Waals surface area contributed by atoms with Crippen molar-refractivity contribution in [1.29, 1.82) is 0 Å². The number of carbonyl (C=O) groups is 2. The third-order valence-electron chi connectivity index (χ3n) is 4.44. The Kier molecular flexibility index (Phi) is 6.21. The van der Waals surface area contributed by atoms with E-state index in [-0.39, 0.29) is 18.6 Å². The van der Waals surface area contributed by atoms with Gasteiger partial charge in [-0.1, -0.05) is 62.1 Å². The fourth-order valence-corrected chi connectivity index (χ4v) is 3.05. The van der Waals surface area contributed by atoms with E-state index in [2.05, 4.69) is 10.0 Å². The molecule has 0 aromatic heterocycles. The van der Waals surface area contributed by atoms with E-state index < -0.39 is 18.0 Å². The molecule has 0 saturated carbocycles. The molecule has 1 fully saturated rings. The number of benzene rings is 1. The first kappa shape index (κ1) is 17.8. The second kappa shape index (κ2) is 8.36. The molecule has 1 aromatic rings. The van der Waals surface area contributed by atoms with Crippen LogP contribution in [0.1, 0.15) is 32.3 Å². The molecule has 1 aliphatic rings. The van der Waals surface area contributed by atoms with Crippen LogP contribution in [-0.4, -0.2) is 35.6 Å². The highest BCUT2D eigenvalue weighted by atomic mass is 16.6. The molecule has 1 heterocycles. The van der Waals surface area contributed by atoms with Crippen LogP contribution in [0.15, 0.2) is 35.4 Å². The predicted octanol–water partition coefficient (Wildman–Crippen LogP) is 3.69. The molecule has 1 aromatic carbocycles. The highest BCUT2D eigenvalue weighted by molar-refractivity contribution is 5.96. The Labute approximate surface area is 141 Å². The van der Waals surface area contributed by atoms with Crippen LogP contribution in [0.4, 0.5) is 4.79 Å². The van der Waals surface area contributed by atoms with Gasteiger partial charge in [0.05, 0.1) is 6.04 Å². The van der Waals surface area contributed by atoms with E-state index >= 15 is 0 Å². The molecule has 2 amide bonds. The maximum atomic E-state index is 12.9. The summed E-state index contributed by atoms with van der Waals surface area (Å²) in [7, 11) is 0. The average molecular weight is 330 g/mol. The second-order valence-corrected chi connectivity index (χ2v) is 5.86. The van der Waals surface area contributed by atoms with E-state index in [1.54, 1.807) is 0 Å². The van der Waals surface area contributed by atoms with Crippen molar-refractivity contribution in [2.45, 2.75) is 45.2 Å². The van der Waals surface area contributed by atoms with Crippen molar-refractivity contribution < 1.29 is 14.3 Å². The van der Waals surface area contributed by atoms with E-state index in [4.69, 9.17) is 10.3 Å². The van der Waals surface area contributed by atoms with Crippen LogP contribution < -0.4 is 0 Å². The number of cyclic esters (lactones) is 1. The number of hydrogen-bond donors (Lipinski definition) is 0. The summed E-state index contributed by atoms with van der Waals surface area (Å²) in [6.07, 6.45) is 1.24. The van der Waals surface area contributed by atoms with Crippen molar-refractivity contribution >= 4 is 12.0 Å². The summed E-state index contributed by atoms with van der Waals surface area (Å²) < 4.78 is 5.08. The van der Waals surface area contributed by atoms with Crippen LogP contribution in [0, 0.1) is 5.92 Å². The number of carbonyl (C=O) groups excluding carboxylic acids is 2. The number of ether oxygens (including phenoxy) is 1. The zero-order valence-corrected chi connectivity index (χ0v) is 14.0. The standard InChI is InChI=1S/C17H22N4O3/c1-3-13(4-2)15(19-20-18)16(22)21-14(11-24-17(21)23)10-12-8-6-5-7-9-12/h5-9,13-15H,3-4,10-11H2,1-2H3/t14-,15-/m0/s1. The van der Waals surface area contributed by atoms with Gasteiger partial charge in [-0.05, 0) is 23.4 Å². The van der Waals surface area contributed by atoms with Crippen molar-refractivity contribution in [3.05, 3.63) is 46.3 Å². The lowest BCUT2D eigenvalue weighted by Crippen LogP contribution is -2.47. The second-order valence-electron chi connectivity index (χ2n) is 5.86. The highest BCUT2D eigenvalue weighted by Gasteiger charge is 2.42. The fourth-order valence-electron chi connectivity index (χ4n) is 3.05. The van der Waals surface area contributed by atoms with Crippen LogP contribution in [-0.2, 0) is 16.0 Å². The minimum atomic E-state index is -0.881. The van der Waals surface area contributed by atoms with Gasteiger partial charge in [-0.2, -0.15) is 0 Å². The predicted molar refractivity (Wildman–Crippen MR) is 89.1 cm³/mol. The van der Waals surface area contributed by atoms with Gasteiger partial charge < -0.3 is 4.74 Å². The van der Waals surface area contributed by atoms with Gasteiger partial charge in [0, 0.05) is 4.91 Å². The molecular formula is C17H22N4O3. The molecule has 0 aliphatic carbocycles. The molecule has 0 radical (unpaired) electrons.